The van der Waals surface area contributed by atoms with Crippen molar-refractivity contribution in [3.8, 4) is 11.5 Å². The van der Waals surface area contributed by atoms with E-state index in [1.807, 2.05) is 6.07 Å². The number of halogens is 2. The molecule has 6 heteroatoms. The summed E-state index contributed by atoms with van der Waals surface area (Å²) < 4.78 is 11.0. The van der Waals surface area contributed by atoms with Crippen LogP contribution in [0.15, 0.2) is 72.5 Å². The van der Waals surface area contributed by atoms with Crippen LogP contribution in [0.4, 0.5) is 0 Å². The molecule has 0 saturated heterocycles. The number of ether oxygens (including phenoxy) is 2. The van der Waals surface area contributed by atoms with Crippen LogP contribution in [0.1, 0.15) is 26.3 Å². The zero-order chi connectivity index (χ0) is 19.7. The van der Waals surface area contributed by atoms with Crippen molar-refractivity contribution in [3.05, 3.63) is 99.2 Å². The minimum Gasteiger partial charge on any atom is -0.452 e. The van der Waals surface area contributed by atoms with Gasteiger partial charge in [-0.05, 0) is 54.1 Å². The van der Waals surface area contributed by atoms with Gasteiger partial charge in [0.1, 0.15) is 11.5 Å². The molecular weight excluding hydrogens is 399 g/mol. The second-order valence-corrected chi connectivity index (χ2v) is 6.93. The number of ketones is 1. The van der Waals surface area contributed by atoms with Gasteiger partial charge in [0.15, 0.2) is 5.76 Å². The van der Waals surface area contributed by atoms with Crippen LogP contribution in [-0.2, 0) is 0 Å². The van der Waals surface area contributed by atoms with Crippen molar-refractivity contribution >= 4 is 41.0 Å². The largest absolute Gasteiger partial charge is 0.452 e. The quantitative estimate of drug-likeness (QED) is 0.309. The Morgan fingerprint density at radius 2 is 1.68 bits per heavy atom. The predicted octanol–water partition coefficient (Wildman–Crippen LogP) is 5.83. The van der Waals surface area contributed by atoms with Crippen molar-refractivity contribution in [1.82, 2.24) is 0 Å². The van der Waals surface area contributed by atoms with Gasteiger partial charge < -0.3 is 9.47 Å². The zero-order valence-corrected chi connectivity index (χ0v) is 15.8. The molecule has 0 aliphatic carbocycles. The Morgan fingerprint density at radius 3 is 2.43 bits per heavy atom. The molecule has 0 aromatic heterocycles. The van der Waals surface area contributed by atoms with Crippen LogP contribution in [0.25, 0.3) is 6.08 Å². The molecule has 1 aliphatic heterocycles. The first-order chi connectivity index (χ1) is 13.5. The van der Waals surface area contributed by atoms with Crippen LogP contribution in [0.5, 0.6) is 11.5 Å². The van der Waals surface area contributed by atoms with Gasteiger partial charge in [0.25, 0.3) is 0 Å². The first-order valence-corrected chi connectivity index (χ1v) is 9.07. The van der Waals surface area contributed by atoms with Crippen LogP contribution in [-0.4, -0.2) is 11.8 Å². The number of carbonyl (C=O) groups excluding carboxylic acids is 2. The van der Waals surface area contributed by atoms with Gasteiger partial charge in [-0.15, -0.1) is 0 Å². The topological polar surface area (TPSA) is 52.6 Å². The predicted molar refractivity (Wildman–Crippen MR) is 107 cm³/mol. The Hall–Kier alpha value is -3.08. The number of hydrogen-bond donors (Lipinski definition) is 0. The SMILES string of the molecule is O=C(Oc1ccc2c(c1)O/C(=C\c1cccc(Cl)c1)C2=O)c1cccc(Cl)c1. The van der Waals surface area contributed by atoms with E-state index >= 15 is 0 Å². The maximum atomic E-state index is 12.5. The third kappa shape index (κ3) is 3.79. The molecular formula is C22H12Cl2O4. The number of allylic oxidation sites excluding steroid dienone is 1. The summed E-state index contributed by atoms with van der Waals surface area (Å²) in [6.07, 6.45) is 1.62. The van der Waals surface area contributed by atoms with E-state index in [0.29, 0.717) is 26.9 Å². The molecule has 0 amide bonds. The highest BCUT2D eigenvalue weighted by atomic mass is 35.5. The van der Waals surface area contributed by atoms with E-state index in [-0.39, 0.29) is 17.3 Å². The summed E-state index contributed by atoms with van der Waals surface area (Å²) in [5.74, 6) is -0.0325. The van der Waals surface area contributed by atoms with Gasteiger partial charge in [-0.25, -0.2) is 4.79 Å². The highest BCUT2D eigenvalue weighted by Crippen LogP contribution is 2.35. The summed E-state index contributed by atoms with van der Waals surface area (Å²) in [7, 11) is 0. The Morgan fingerprint density at radius 1 is 0.929 bits per heavy atom. The van der Waals surface area contributed by atoms with Gasteiger partial charge in [-0.3, -0.25) is 4.79 Å². The molecule has 3 aromatic carbocycles. The van der Waals surface area contributed by atoms with E-state index in [1.165, 1.54) is 12.1 Å². The van der Waals surface area contributed by atoms with E-state index < -0.39 is 5.97 Å². The molecule has 4 rings (SSSR count). The van der Waals surface area contributed by atoms with Crippen molar-refractivity contribution in [2.24, 2.45) is 0 Å². The minimum absolute atomic E-state index is 0.176. The van der Waals surface area contributed by atoms with Gasteiger partial charge >= 0.3 is 5.97 Å². The lowest BCUT2D eigenvalue weighted by Gasteiger charge is -2.06. The molecule has 0 bridgehead atoms. The van der Waals surface area contributed by atoms with Crippen LogP contribution in [0.2, 0.25) is 10.0 Å². The van der Waals surface area contributed by atoms with E-state index in [4.69, 9.17) is 32.7 Å². The molecule has 28 heavy (non-hydrogen) atoms. The molecule has 0 unspecified atom stereocenters. The molecule has 0 fully saturated rings. The Balaban J connectivity index is 1.56. The molecule has 3 aromatic rings. The van der Waals surface area contributed by atoms with Crippen molar-refractivity contribution < 1.29 is 19.1 Å². The van der Waals surface area contributed by atoms with Crippen LogP contribution in [0, 0.1) is 0 Å². The maximum Gasteiger partial charge on any atom is 0.343 e. The second kappa shape index (κ2) is 7.50. The number of esters is 1. The summed E-state index contributed by atoms with van der Waals surface area (Å²) >= 11 is 11.9. The number of Topliss-reactive ketones (excluding diaryl/α,β-unsaturated/α-hetero) is 1. The Bertz CT molecular complexity index is 1130. The fraction of sp³-hybridized carbons (Fsp3) is 0. The summed E-state index contributed by atoms with van der Waals surface area (Å²) in [6, 6.07) is 18.2. The van der Waals surface area contributed by atoms with Crippen molar-refractivity contribution in [2.75, 3.05) is 0 Å². The first-order valence-electron chi connectivity index (χ1n) is 8.31. The number of fused-ring (bicyclic) bond motifs is 1. The first kappa shape index (κ1) is 18.3. The lowest BCUT2D eigenvalue weighted by molar-refractivity contribution is 0.0734. The van der Waals surface area contributed by atoms with E-state index in [1.54, 1.807) is 54.6 Å². The number of carbonyl (C=O) groups is 2. The van der Waals surface area contributed by atoms with Crippen LogP contribution >= 0.6 is 23.2 Å². The average Bonchev–Trinajstić information content (AvgIpc) is 2.97. The average molecular weight is 411 g/mol. The highest BCUT2D eigenvalue weighted by Gasteiger charge is 2.28. The summed E-state index contributed by atoms with van der Waals surface area (Å²) in [6.45, 7) is 0. The van der Waals surface area contributed by atoms with Crippen molar-refractivity contribution in [2.45, 2.75) is 0 Å². The maximum absolute atomic E-state index is 12.5. The smallest absolute Gasteiger partial charge is 0.343 e. The Labute approximate surface area is 170 Å². The zero-order valence-electron chi connectivity index (χ0n) is 14.3. The number of hydrogen-bond acceptors (Lipinski definition) is 4. The minimum atomic E-state index is -0.554. The van der Waals surface area contributed by atoms with Gasteiger partial charge in [-0.2, -0.15) is 0 Å². The molecule has 0 N–H and O–H groups in total. The van der Waals surface area contributed by atoms with E-state index in [0.717, 1.165) is 5.56 Å². The fourth-order valence-electron chi connectivity index (χ4n) is 2.76. The fourth-order valence-corrected chi connectivity index (χ4v) is 3.15. The monoisotopic (exact) mass is 410 g/mol. The molecule has 1 aliphatic rings. The third-order valence-corrected chi connectivity index (χ3v) is 4.53. The van der Waals surface area contributed by atoms with E-state index in [9.17, 15) is 9.59 Å². The van der Waals surface area contributed by atoms with Gasteiger partial charge in [0, 0.05) is 16.1 Å². The van der Waals surface area contributed by atoms with E-state index in [2.05, 4.69) is 0 Å². The molecule has 1 heterocycles. The lowest BCUT2D eigenvalue weighted by atomic mass is 10.1. The van der Waals surface area contributed by atoms with Crippen LogP contribution < -0.4 is 9.47 Å². The van der Waals surface area contributed by atoms with Gasteiger partial charge in [0.05, 0.1) is 11.1 Å². The molecule has 0 saturated carbocycles. The molecule has 138 valence electrons. The lowest BCUT2D eigenvalue weighted by Crippen LogP contribution is -2.08. The van der Waals surface area contributed by atoms with Crippen molar-refractivity contribution in [3.63, 3.8) is 0 Å². The standard InChI is InChI=1S/C22H12Cl2O4/c23-15-5-1-3-13(9-15)10-20-21(25)18-8-7-17(12-19(18)28-20)27-22(26)14-4-2-6-16(24)11-14/h1-12H/b20-10-. The summed E-state index contributed by atoms with van der Waals surface area (Å²) in [5, 5.41) is 1.00. The van der Waals surface area contributed by atoms with Gasteiger partial charge in [-0.1, -0.05) is 41.4 Å². The molecule has 0 spiro atoms. The molecule has 4 nitrogen and oxygen atoms in total. The van der Waals surface area contributed by atoms with Crippen LogP contribution in [0.3, 0.4) is 0 Å². The number of benzene rings is 3. The van der Waals surface area contributed by atoms with Crippen molar-refractivity contribution in [1.29, 1.82) is 0 Å². The summed E-state index contributed by atoms with van der Waals surface area (Å²) in [4.78, 5) is 24.8. The summed E-state index contributed by atoms with van der Waals surface area (Å²) in [5.41, 5.74) is 1.47. The molecule has 0 atom stereocenters. The second-order valence-electron chi connectivity index (χ2n) is 6.05. The normalized spacial score (nSPS) is 13.9. The molecule has 0 radical (unpaired) electrons. The highest BCUT2D eigenvalue weighted by molar-refractivity contribution is 6.31. The number of rotatable bonds is 3. The Kier molecular flexibility index (Phi) is 4.90. The third-order valence-electron chi connectivity index (χ3n) is 4.06. The van der Waals surface area contributed by atoms with Gasteiger partial charge in [0.2, 0.25) is 5.78 Å².